The van der Waals surface area contributed by atoms with Gasteiger partial charge in [0.05, 0.1) is 0 Å². The number of rotatable bonds is 12. The molecule has 2 aromatic heterocycles. The summed E-state index contributed by atoms with van der Waals surface area (Å²) in [6.07, 6.45) is 6.70. The smallest absolute Gasteiger partial charge is 0.269 e. The van der Waals surface area contributed by atoms with Gasteiger partial charge in [-0.05, 0) is 53.4 Å². The molecular formula is C28H44N20O2. The first-order chi connectivity index (χ1) is 23.6. The summed E-state index contributed by atoms with van der Waals surface area (Å²) in [4.78, 5) is 65.7. The molecule has 0 spiro atoms. The van der Waals surface area contributed by atoms with E-state index in [1.165, 1.54) is 22.7 Å². The molecule has 1 aliphatic carbocycles. The van der Waals surface area contributed by atoms with Crippen LogP contribution in [0.3, 0.4) is 0 Å². The Labute approximate surface area is 288 Å². The molecule has 3 aliphatic rings. The Morgan fingerprint density at radius 1 is 0.720 bits per heavy atom. The van der Waals surface area contributed by atoms with E-state index in [-0.39, 0.29) is 60.8 Å². The first-order valence-corrected chi connectivity index (χ1v) is 16.0. The van der Waals surface area contributed by atoms with Crippen LogP contribution < -0.4 is 44.4 Å². The number of hydrazine groups is 2. The quantitative estimate of drug-likeness (QED) is 0.0929. The molecule has 0 radical (unpaired) electrons. The highest BCUT2D eigenvalue weighted by molar-refractivity contribution is 6.03. The average Bonchev–Trinajstić information content (AvgIpc) is 3.51. The van der Waals surface area contributed by atoms with Gasteiger partial charge in [0.15, 0.2) is 0 Å². The number of nitrogens with zero attached hydrogens (tertiary/aromatic N) is 12. The van der Waals surface area contributed by atoms with Gasteiger partial charge in [0, 0.05) is 36.0 Å². The number of carbonyl (C=O) groups excluding carboxylic acids is 2. The Bertz CT molecular complexity index is 1560. The van der Waals surface area contributed by atoms with Crippen molar-refractivity contribution in [3.05, 3.63) is 12.7 Å². The van der Waals surface area contributed by atoms with E-state index in [1.54, 1.807) is 0 Å². The van der Waals surface area contributed by atoms with Gasteiger partial charge in [0.25, 0.3) is 23.7 Å². The summed E-state index contributed by atoms with van der Waals surface area (Å²) in [6, 6.07) is 0.216. The van der Waals surface area contributed by atoms with Crippen LogP contribution in [0.2, 0.25) is 0 Å². The fraction of sp³-hybridized carbons (Fsp3) is 0.571. The van der Waals surface area contributed by atoms with Crippen molar-refractivity contribution in [3.8, 4) is 0 Å². The molecule has 1 saturated carbocycles. The summed E-state index contributed by atoms with van der Waals surface area (Å²) >= 11 is 0. The summed E-state index contributed by atoms with van der Waals surface area (Å²) in [5.41, 5.74) is 29.0. The van der Waals surface area contributed by atoms with Crippen LogP contribution in [0, 0.1) is 0 Å². The monoisotopic (exact) mass is 692 g/mol. The summed E-state index contributed by atoms with van der Waals surface area (Å²) in [7, 11) is 0. The largest absolute Gasteiger partial charge is 0.368 e. The summed E-state index contributed by atoms with van der Waals surface area (Å²) in [5.74, 6) is 1.21. The number of hydrogen-bond acceptors (Lipinski definition) is 16. The van der Waals surface area contributed by atoms with Crippen molar-refractivity contribution in [2.24, 2.45) is 42.9 Å². The predicted octanol–water partition coefficient (Wildman–Crippen LogP) is -1.47. The maximum absolute atomic E-state index is 11.9. The zero-order chi connectivity index (χ0) is 36.1. The van der Waals surface area contributed by atoms with Crippen molar-refractivity contribution in [2.75, 3.05) is 23.7 Å². The summed E-state index contributed by atoms with van der Waals surface area (Å²) in [6.45, 7) is 7.37. The SMILES string of the molecule is CC(C)(N)CC1=NC(=O)CN1N/C(N)=N/c1ncnc(NC2CCC(Nc3ncnc(/N=C(\N)NN4CC(=O)N=C4CC(C)(C)N)n3)CC2)n1. The zero-order valence-electron chi connectivity index (χ0n) is 28.5. The predicted molar refractivity (Wildman–Crippen MR) is 186 cm³/mol. The molecule has 2 aromatic rings. The molecule has 4 heterocycles. The molecule has 0 saturated heterocycles. The minimum Gasteiger partial charge on any atom is -0.368 e. The lowest BCUT2D eigenvalue weighted by Crippen LogP contribution is -2.50. The Morgan fingerprint density at radius 2 is 1.10 bits per heavy atom. The number of amidine groups is 2. The molecule has 22 heteroatoms. The van der Waals surface area contributed by atoms with E-state index >= 15 is 0 Å². The molecule has 2 amide bonds. The highest BCUT2D eigenvalue weighted by Crippen LogP contribution is 2.24. The van der Waals surface area contributed by atoms with Crippen LogP contribution in [0.1, 0.15) is 66.2 Å². The molecular weight excluding hydrogens is 648 g/mol. The van der Waals surface area contributed by atoms with Crippen molar-refractivity contribution in [2.45, 2.75) is 89.4 Å². The van der Waals surface area contributed by atoms with Gasteiger partial charge < -0.3 is 33.6 Å². The number of nitrogens with one attached hydrogen (secondary N) is 4. The third-order valence-electron chi connectivity index (χ3n) is 7.40. The second-order valence-corrected chi connectivity index (χ2v) is 13.6. The van der Waals surface area contributed by atoms with E-state index in [0.29, 0.717) is 36.4 Å². The normalized spacial score (nSPS) is 20.5. The highest BCUT2D eigenvalue weighted by Gasteiger charge is 2.29. The number of anilines is 2. The maximum atomic E-state index is 11.9. The topological polar surface area (TPSA) is 320 Å². The number of guanidine groups is 2. The lowest BCUT2D eigenvalue weighted by atomic mass is 9.91. The van der Waals surface area contributed by atoms with Crippen molar-refractivity contribution in [1.29, 1.82) is 0 Å². The van der Waals surface area contributed by atoms with Crippen LogP contribution >= 0.6 is 0 Å². The number of aliphatic imine (C=N–C) groups is 4. The van der Waals surface area contributed by atoms with Crippen molar-refractivity contribution in [3.63, 3.8) is 0 Å². The highest BCUT2D eigenvalue weighted by atomic mass is 16.2. The van der Waals surface area contributed by atoms with Crippen LogP contribution in [0.4, 0.5) is 23.8 Å². The summed E-state index contributed by atoms with van der Waals surface area (Å²) in [5, 5.41) is 9.70. The third kappa shape index (κ3) is 10.7. The number of carbonyl (C=O) groups is 2. The lowest BCUT2D eigenvalue weighted by Gasteiger charge is -2.29. The van der Waals surface area contributed by atoms with Gasteiger partial charge in [-0.1, -0.05) is 0 Å². The summed E-state index contributed by atoms with van der Waals surface area (Å²) < 4.78 is 0. The Balaban J connectivity index is 1.10. The van der Waals surface area contributed by atoms with Gasteiger partial charge in [0.1, 0.15) is 37.4 Å². The minimum absolute atomic E-state index is 0.00612. The fourth-order valence-electron chi connectivity index (χ4n) is 5.34. The Morgan fingerprint density at radius 3 is 1.46 bits per heavy atom. The molecule has 22 nitrogen and oxygen atoms in total. The van der Waals surface area contributed by atoms with Crippen LogP contribution in [0.25, 0.3) is 0 Å². The first kappa shape index (κ1) is 35.7. The molecule has 50 heavy (non-hydrogen) atoms. The van der Waals surface area contributed by atoms with E-state index in [2.05, 4.69) is 71.4 Å². The second kappa shape index (κ2) is 14.9. The van der Waals surface area contributed by atoms with E-state index in [0.717, 1.165) is 25.7 Å². The van der Waals surface area contributed by atoms with Crippen LogP contribution in [-0.4, -0.2) is 112 Å². The third-order valence-corrected chi connectivity index (χ3v) is 7.40. The Hall–Kier alpha value is -5.64. The maximum Gasteiger partial charge on any atom is 0.269 e. The number of hydrogen-bond donors (Lipinski definition) is 8. The molecule has 0 bridgehead atoms. The standard InChI is InChI=1S/C28H44N20O2/c1-27(2,31)9-17-39-19(49)11-47(17)45-21(29)41-25-35-13-33-23(43-25)37-15-5-7-16(8-6-15)38-24-34-14-36-26(44-24)42-22(30)46-48-12-20(50)40-18(48)10-28(3,4)32/h13-16H,5-12,31-32H2,1-4H3,(H4,29,33,35,37,41,43,45)(H4,30,34,36,38,42,44,46). The van der Waals surface area contributed by atoms with Crippen LogP contribution in [-0.2, 0) is 9.59 Å². The molecule has 5 rings (SSSR count). The zero-order valence-corrected chi connectivity index (χ0v) is 28.5. The van der Waals surface area contributed by atoms with Crippen molar-refractivity contribution in [1.82, 2.24) is 50.8 Å². The fourth-order valence-corrected chi connectivity index (χ4v) is 5.34. The first-order valence-electron chi connectivity index (χ1n) is 16.0. The molecule has 12 N–H and O–H groups in total. The van der Waals surface area contributed by atoms with Gasteiger partial charge in [-0.2, -0.15) is 39.9 Å². The Kier molecular flexibility index (Phi) is 10.6. The van der Waals surface area contributed by atoms with Gasteiger partial charge >= 0.3 is 0 Å². The van der Waals surface area contributed by atoms with E-state index < -0.39 is 11.1 Å². The minimum atomic E-state index is -0.569. The van der Waals surface area contributed by atoms with Gasteiger partial charge in [-0.3, -0.25) is 30.5 Å². The van der Waals surface area contributed by atoms with E-state index in [1.807, 2.05) is 27.7 Å². The molecule has 2 aliphatic heterocycles. The van der Waals surface area contributed by atoms with E-state index in [4.69, 9.17) is 22.9 Å². The molecule has 0 atom stereocenters. The molecule has 0 unspecified atom stereocenters. The van der Waals surface area contributed by atoms with Gasteiger partial charge in [-0.25, -0.2) is 9.97 Å². The van der Waals surface area contributed by atoms with Gasteiger partial charge in [0.2, 0.25) is 23.8 Å². The van der Waals surface area contributed by atoms with E-state index in [9.17, 15) is 9.59 Å². The van der Waals surface area contributed by atoms with Crippen LogP contribution in [0.5, 0.6) is 0 Å². The van der Waals surface area contributed by atoms with Crippen molar-refractivity contribution >= 4 is 59.2 Å². The number of nitrogens with two attached hydrogens (primary N) is 4. The average molecular weight is 693 g/mol. The molecule has 1 fully saturated rings. The van der Waals surface area contributed by atoms with Crippen LogP contribution in [0.15, 0.2) is 32.6 Å². The lowest BCUT2D eigenvalue weighted by molar-refractivity contribution is -0.118. The van der Waals surface area contributed by atoms with Crippen molar-refractivity contribution < 1.29 is 9.59 Å². The molecule has 0 aromatic carbocycles. The number of amides is 2. The number of aromatic nitrogens is 6. The van der Waals surface area contributed by atoms with Gasteiger partial charge in [-0.15, -0.1) is 0 Å². The second-order valence-electron chi connectivity index (χ2n) is 13.6. The molecule has 268 valence electrons.